The summed E-state index contributed by atoms with van der Waals surface area (Å²) in [7, 11) is 0. The summed E-state index contributed by atoms with van der Waals surface area (Å²) >= 11 is 0. The third kappa shape index (κ3) is 5.01. The first-order valence-electron chi connectivity index (χ1n) is 5.91. The first kappa shape index (κ1) is 12.8. The van der Waals surface area contributed by atoms with Crippen LogP contribution in [0.15, 0.2) is 18.2 Å². The Balaban J connectivity index is 2.21. The van der Waals surface area contributed by atoms with Gasteiger partial charge in [0.15, 0.2) is 0 Å². The van der Waals surface area contributed by atoms with Crippen molar-refractivity contribution in [2.75, 3.05) is 12.3 Å². The monoisotopic (exact) mass is 225 g/mol. The van der Waals surface area contributed by atoms with Crippen LogP contribution in [0.2, 0.25) is 0 Å². The van der Waals surface area contributed by atoms with Crippen LogP contribution in [-0.2, 0) is 0 Å². The number of rotatable bonds is 7. The Bertz CT molecular complexity index is 295. The molecule has 0 aliphatic carbocycles. The summed E-state index contributed by atoms with van der Waals surface area (Å²) in [6.45, 7) is 2.82. The molecule has 16 heavy (non-hydrogen) atoms. The first-order valence-corrected chi connectivity index (χ1v) is 5.91. The van der Waals surface area contributed by atoms with Crippen molar-refractivity contribution in [3.63, 3.8) is 0 Å². The molecule has 0 spiro atoms. The number of unbranched alkanes of at least 4 members (excludes halogenated alkanes) is 4. The minimum atomic E-state index is -0.346. The number of hydrogen-bond donors (Lipinski definition) is 1. The van der Waals surface area contributed by atoms with Crippen molar-refractivity contribution < 1.29 is 9.13 Å². The second-order valence-corrected chi connectivity index (χ2v) is 3.98. The van der Waals surface area contributed by atoms with Crippen molar-refractivity contribution >= 4 is 5.69 Å². The van der Waals surface area contributed by atoms with Crippen molar-refractivity contribution in [3.8, 4) is 5.75 Å². The smallest absolute Gasteiger partial charge is 0.128 e. The van der Waals surface area contributed by atoms with Crippen molar-refractivity contribution in [1.29, 1.82) is 0 Å². The molecule has 0 amide bonds. The number of anilines is 1. The van der Waals surface area contributed by atoms with Crippen molar-refractivity contribution in [2.45, 2.75) is 39.0 Å². The van der Waals surface area contributed by atoms with Gasteiger partial charge < -0.3 is 10.5 Å². The highest BCUT2D eigenvalue weighted by Gasteiger charge is 1.99. The lowest BCUT2D eigenvalue weighted by molar-refractivity contribution is 0.303. The van der Waals surface area contributed by atoms with Crippen molar-refractivity contribution in [1.82, 2.24) is 0 Å². The largest absolute Gasteiger partial charge is 0.493 e. The predicted octanol–water partition coefficient (Wildman–Crippen LogP) is 3.76. The van der Waals surface area contributed by atoms with Crippen molar-refractivity contribution in [3.05, 3.63) is 24.0 Å². The highest BCUT2D eigenvalue weighted by atomic mass is 19.1. The van der Waals surface area contributed by atoms with Crippen LogP contribution in [0.5, 0.6) is 5.75 Å². The van der Waals surface area contributed by atoms with Gasteiger partial charge in [-0.15, -0.1) is 0 Å². The molecule has 0 saturated carbocycles. The van der Waals surface area contributed by atoms with E-state index in [0.717, 1.165) is 6.42 Å². The quantitative estimate of drug-likeness (QED) is 0.566. The fourth-order valence-corrected chi connectivity index (χ4v) is 1.56. The van der Waals surface area contributed by atoms with E-state index >= 15 is 0 Å². The van der Waals surface area contributed by atoms with Crippen LogP contribution >= 0.6 is 0 Å². The standard InChI is InChI=1S/C13H20FNO/c1-2-3-4-5-6-7-16-13-9-11(14)8-12(15)10-13/h8-10H,2-7,15H2,1H3. The summed E-state index contributed by atoms with van der Waals surface area (Å²) in [5.41, 5.74) is 5.91. The van der Waals surface area contributed by atoms with E-state index in [-0.39, 0.29) is 5.82 Å². The molecule has 0 bridgehead atoms. The van der Waals surface area contributed by atoms with Crippen LogP contribution in [0.4, 0.5) is 10.1 Å². The van der Waals surface area contributed by atoms with Crippen LogP contribution in [0, 0.1) is 5.82 Å². The molecule has 0 aliphatic rings. The molecule has 1 aromatic rings. The highest BCUT2D eigenvalue weighted by molar-refractivity contribution is 5.44. The Kier molecular flexibility index (Phi) is 5.68. The SMILES string of the molecule is CCCCCCCOc1cc(N)cc(F)c1. The fourth-order valence-electron chi connectivity index (χ4n) is 1.56. The Hall–Kier alpha value is -1.25. The lowest BCUT2D eigenvalue weighted by Gasteiger charge is -2.06. The van der Waals surface area contributed by atoms with E-state index in [1.54, 1.807) is 6.07 Å². The van der Waals surface area contributed by atoms with Crippen LogP contribution in [0.1, 0.15) is 39.0 Å². The van der Waals surface area contributed by atoms with E-state index in [9.17, 15) is 4.39 Å². The van der Waals surface area contributed by atoms with Crippen LogP contribution < -0.4 is 10.5 Å². The summed E-state index contributed by atoms with van der Waals surface area (Å²) in [4.78, 5) is 0. The van der Waals surface area contributed by atoms with Crippen LogP contribution in [0.3, 0.4) is 0 Å². The molecule has 0 aliphatic heterocycles. The van der Waals surface area contributed by atoms with E-state index in [4.69, 9.17) is 10.5 Å². The van der Waals surface area contributed by atoms with Crippen LogP contribution in [0.25, 0.3) is 0 Å². The second-order valence-electron chi connectivity index (χ2n) is 3.98. The lowest BCUT2D eigenvalue weighted by atomic mass is 10.2. The summed E-state index contributed by atoms with van der Waals surface area (Å²) in [6.07, 6.45) is 5.93. The van der Waals surface area contributed by atoms with Crippen LogP contribution in [-0.4, -0.2) is 6.61 Å². The third-order valence-electron chi connectivity index (χ3n) is 2.41. The molecule has 2 N–H and O–H groups in total. The summed E-state index contributed by atoms with van der Waals surface area (Å²) in [5, 5.41) is 0. The van der Waals surface area contributed by atoms with Gasteiger partial charge in [-0.1, -0.05) is 32.6 Å². The molecule has 1 rings (SSSR count). The molecular weight excluding hydrogens is 205 g/mol. The number of ether oxygens (including phenoxy) is 1. The number of hydrogen-bond acceptors (Lipinski definition) is 2. The Labute approximate surface area is 96.6 Å². The molecule has 0 radical (unpaired) electrons. The topological polar surface area (TPSA) is 35.2 Å². The van der Waals surface area contributed by atoms with Gasteiger partial charge in [0.25, 0.3) is 0 Å². The molecule has 0 fully saturated rings. The maximum atomic E-state index is 12.9. The van der Waals surface area contributed by atoms with Gasteiger partial charge in [0.1, 0.15) is 11.6 Å². The molecule has 1 aromatic carbocycles. The third-order valence-corrected chi connectivity index (χ3v) is 2.41. The minimum Gasteiger partial charge on any atom is -0.493 e. The summed E-state index contributed by atoms with van der Waals surface area (Å²) in [5.74, 6) is 0.175. The van der Waals surface area contributed by atoms with E-state index in [1.807, 2.05) is 0 Å². The Morgan fingerprint density at radius 1 is 1.12 bits per heavy atom. The molecule has 90 valence electrons. The Morgan fingerprint density at radius 2 is 1.88 bits per heavy atom. The lowest BCUT2D eigenvalue weighted by Crippen LogP contribution is -1.98. The zero-order chi connectivity index (χ0) is 11.8. The maximum absolute atomic E-state index is 12.9. The van der Waals surface area contributed by atoms with Gasteiger partial charge >= 0.3 is 0 Å². The minimum absolute atomic E-state index is 0.346. The van der Waals surface area contributed by atoms with Gasteiger partial charge in [0.2, 0.25) is 0 Å². The average molecular weight is 225 g/mol. The highest BCUT2D eigenvalue weighted by Crippen LogP contribution is 2.18. The molecular formula is C13H20FNO. The predicted molar refractivity (Wildman–Crippen MR) is 65.1 cm³/mol. The summed E-state index contributed by atoms with van der Waals surface area (Å²) in [6, 6.07) is 4.30. The zero-order valence-electron chi connectivity index (χ0n) is 9.84. The molecule has 0 unspecified atom stereocenters. The number of benzene rings is 1. The van der Waals surface area contributed by atoms with E-state index in [0.29, 0.717) is 18.0 Å². The molecule has 3 heteroatoms. The number of nitrogen functional groups attached to an aromatic ring is 1. The number of halogens is 1. The van der Waals surface area contributed by atoms with E-state index < -0.39 is 0 Å². The van der Waals surface area contributed by atoms with Crippen molar-refractivity contribution in [2.24, 2.45) is 0 Å². The first-order chi connectivity index (χ1) is 7.72. The van der Waals surface area contributed by atoms with E-state index in [2.05, 4.69) is 6.92 Å². The average Bonchev–Trinajstić information content (AvgIpc) is 2.22. The summed E-state index contributed by atoms with van der Waals surface area (Å²) < 4.78 is 18.4. The molecule has 0 aromatic heterocycles. The number of nitrogens with two attached hydrogens (primary N) is 1. The van der Waals surface area contributed by atoms with E-state index in [1.165, 1.54) is 37.8 Å². The van der Waals surface area contributed by atoms with Gasteiger partial charge in [0, 0.05) is 17.8 Å². The molecule has 0 saturated heterocycles. The van der Waals surface area contributed by atoms with Gasteiger partial charge in [-0.05, 0) is 12.5 Å². The molecule has 2 nitrogen and oxygen atoms in total. The molecule has 0 heterocycles. The normalized spacial score (nSPS) is 10.4. The Morgan fingerprint density at radius 3 is 2.56 bits per heavy atom. The van der Waals surface area contributed by atoms with Gasteiger partial charge in [-0.3, -0.25) is 0 Å². The van der Waals surface area contributed by atoms with Gasteiger partial charge in [-0.2, -0.15) is 0 Å². The molecule has 0 atom stereocenters. The van der Waals surface area contributed by atoms with Gasteiger partial charge in [0.05, 0.1) is 6.61 Å². The second kappa shape index (κ2) is 7.09. The van der Waals surface area contributed by atoms with Gasteiger partial charge in [-0.25, -0.2) is 4.39 Å². The maximum Gasteiger partial charge on any atom is 0.128 e. The zero-order valence-corrected chi connectivity index (χ0v) is 9.84. The fraction of sp³-hybridized carbons (Fsp3) is 0.538.